The third-order valence-electron chi connectivity index (χ3n) is 8.55. The van der Waals surface area contributed by atoms with E-state index in [0.29, 0.717) is 19.2 Å². The molecule has 6 nitrogen and oxygen atoms in total. The number of likely N-dealkylation sites (tertiary alicyclic amines) is 1. The number of hydrogen-bond acceptors (Lipinski definition) is 5. The van der Waals surface area contributed by atoms with Crippen LogP contribution >= 0.6 is 0 Å². The molecule has 0 radical (unpaired) electrons. The number of carbonyl (C=O) groups excluding carboxylic acids is 2. The van der Waals surface area contributed by atoms with Gasteiger partial charge in [0.2, 0.25) is 11.8 Å². The highest BCUT2D eigenvalue weighted by Crippen LogP contribution is 2.51. The van der Waals surface area contributed by atoms with E-state index >= 15 is 0 Å². The highest BCUT2D eigenvalue weighted by atomic mass is 16.5. The van der Waals surface area contributed by atoms with Gasteiger partial charge in [-0.2, -0.15) is 0 Å². The summed E-state index contributed by atoms with van der Waals surface area (Å²) < 4.78 is 6.12. The van der Waals surface area contributed by atoms with E-state index in [0.717, 1.165) is 47.6 Å². The Morgan fingerprint density at radius 2 is 1.84 bits per heavy atom. The van der Waals surface area contributed by atoms with Crippen LogP contribution in [0.25, 0.3) is 16.8 Å². The van der Waals surface area contributed by atoms with Gasteiger partial charge in [-0.3, -0.25) is 14.5 Å². The zero-order valence-electron chi connectivity index (χ0n) is 21.9. The van der Waals surface area contributed by atoms with Gasteiger partial charge in [0.1, 0.15) is 5.75 Å². The van der Waals surface area contributed by atoms with Gasteiger partial charge in [-0.25, -0.2) is 0 Å². The quantitative estimate of drug-likeness (QED) is 0.304. The molecule has 4 atom stereocenters. The monoisotopic (exact) mass is 501 g/mol. The standard InChI is InChI=1S/C30H36BNO5/c1-4-8-18(15-20-12-13-25(33)22-10-7-6-9-21(20)22)11-14-26-27-19(5-2)16-23-28(24(27)17-31(36)37-26)30(35)32(3)29(23)34/h6-7,9-10,12-13,15,23-24,26,28,33,36H,4-5,8,11,14,16-17H2,1-3H3/b18-15+/t23-,24+,26-,28-/m1/s1. The molecule has 2 aromatic carbocycles. The zero-order chi connectivity index (χ0) is 26.3. The molecular weight excluding hydrogens is 465 g/mol. The summed E-state index contributed by atoms with van der Waals surface area (Å²) in [5.41, 5.74) is 4.73. The van der Waals surface area contributed by atoms with Crippen molar-refractivity contribution in [2.24, 2.45) is 17.8 Å². The molecule has 1 aliphatic carbocycles. The molecule has 2 N–H and O–H groups in total. The molecule has 2 amide bonds. The predicted molar refractivity (Wildman–Crippen MR) is 146 cm³/mol. The second kappa shape index (κ2) is 10.5. The van der Waals surface area contributed by atoms with Crippen LogP contribution in [0.15, 0.2) is 53.1 Å². The average Bonchev–Trinajstić information content (AvgIpc) is 3.12. The molecule has 2 aliphatic heterocycles. The molecule has 7 heteroatoms. The minimum Gasteiger partial charge on any atom is -0.507 e. The van der Waals surface area contributed by atoms with Gasteiger partial charge < -0.3 is 14.8 Å². The maximum Gasteiger partial charge on any atom is 0.455 e. The van der Waals surface area contributed by atoms with E-state index in [4.69, 9.17) is 4.65 Å². The Labute approximate surface area is 219 Å². The van der Waals surface area contributed by atoms with Crippen molar-refractivity contribution in [1.82, 2.24) is 4.90 Å². The lowest BCUT2D eigenvalue weighted by Gasteiger charge is -2.43. The molecule has 0 spiro atoms. The van der Waals surface area contributed by atoms with Gasteiger partial charge in [0.15, 0.2) is 0 Å². The normalized spacial score (nSPS) is 26.2. The fourth-order valence-electron chi connectivity index (χ4n) is 6.82. The van der Waals surface area contributed by atoms with Crippen LogP contribution in [0.5, 0.6) is 5.75 Å². The molecule has 37 heavy (non-hydrogen) atoms. The number of carbonyl (C=O) groups is 2. The van der Waals surface area contributed by atoms with Gasteiger partial charge in [0.25, 0.3) is 0 Å². The van der Waals surface area contributed by atoms with Crippen molar-refractivity contribution >= 4 is 35.8 Å². The first-order valence-corrected chi connectivity index (χ1v) is 13.6. The number of hydrogen-bond donors (Lipinski definition) is 2. The van der Waals surface area contributed by atoms with Crippen molar-refractivity contribution in [2.45, 2.75) is 64.8 Å². The number of phenolic OH excluding ortho intramolecular Hbond substituents is 1. The van der Waals surface area contributed by atoms with Crippen LogP contribution in [0.2, 0.25) is 6.32 Å². The number of imide groups is 1. The molecule has 0 bridgehead atoms. The summed E-state index contributed by atoms with van der Waals surface area (Å²) in [5.74, 6) is -0.786. The smallest absolute Gasteiger partial charge is 0.455 e. The Balaban J connectivity index is 1.44. The van der Waals surface area contributed by atoms with Crippen LogP contribution in [-0.2, 0) is 14.2 Å². The molecule has 2 saturated heterocycles. The number of rotatable bonds is 7. The van der Waals surface area contributed by atoms with Crippen molar-refractivity contribution in [3.05, 3.63) is 58.7 Å². The molecule has 2 heterocycles. The van der Waals surface area contributed by atoms with Crippen molar-refractivity contribution in [2.75, 3.05) is 7.05 Å². The number of amides is 2. The van der Waals surface area contributed by atoms with E-state index < -0.39 is 13.0 Å². The molecular formula is C30H36BNO5. The number of nitrogens with zero attached hydrogens (tertiary/aromatic N) is 1. The number of benzene rings is 2. The van der Waals surface area contributed by atoms with Crippen LogP contribution < -0.4 is 0 Å². The fourth-order valence-corrected chi connectivity index (χ4v) is 6.82. The molecule has 0 saturated carbocycles. The van der Waals surface area contributed by atoms with Crippen LogP contribution in [0.1, 0.15) is 57.9 Å². The van der Waals surface area contributed by atoms with Gasteiger partial charge in [0.05, 0.1) is 17.9 Å². The Kier molecular flexibility index (Phi) is 7.28. The third-order valence-corrected chi connectivity index (χ3v) is 8.55. The Morgan fingerprint density at radius 1 is 1.08 bits per heavy atom. The largest absolute Gasteiger partial charge is 0.507 e. The van der Waals surface area contributed by atoms with Crippen LogP contribution in [0, 0.1) is 17.8 Å². The Hall–Kier alpha value is -2.90. The summed E-state index contributed by atoms with van der Waals surface area (Å²) in [4.78, 5) is 27.1. The summed E-state index contributed by atoms with van der Waals surface area (Å²) in [7, 11) is 0.639. The lowest BCUT2D eigenvalue weighted by atomic mass is 9.58. The van der Waals surface area contributed by atoms with E-state index in [9.17, 15) is 19.7 Å². The summed E-state index contributed by atoms with van der Waals surface area (Å²) in [5, 5.41) is 22.8. The average molecular weight is 501 g/mol. The summed E-state index contributed by atoms with van der Waals surface area (Å²) in [6, 6.07) is 11.6. The number of phenols is 1. The molecule has 5 rings (SSSR count). The van der Waals surface area contributed by atoms with Crippen molar-refractivity contribution < 1.29 is 24.4 Å². The topological polar surface area (TPSA) is 87.1 Å². The molecule has 0 unspecified atom stereocenters. The molecule has 3 aliphatic rings. The van der Waals surface area contributed by atoms with Gasteiger partial charge >= 0.3 is 7.12 Å². The maximum atomic E-state index is 13.0. The minimum absolute atomic E-state index is 0.0909. The first kappa shape index (κ1) is 25.7. The summed E-state index contributed by atoms with van der Waals surface area (Å²) in [6.45, 7) is 4.27. The van der Waals surface area contributed by atoms with Crippen molar-refractivity contribution in [1.29, 1.82) is 0 Å². The second-order valence-corrected chi connectivity index (χ2v) is 10.7. The maximum absolute atomic E-state index is 13.0. The van der Waals surface area contributed by atoms with Gasteiger partial charge in [0, 0.05) is 12.4 Å². The third kappa shape index (κ3) is 4.64. The minimum atomic E-state index is -0.941. The fraction of sp³-hybridized carbons (Fsp3) is 0.467. The van der Waals surface area contributed by atoms with Crippen molar-refractivity contribution in [3.8, 4) is 5.75 Å². The van der Waals surface area contributed by atoms with E-state index in [1.54, 1.807) is 13.1 Å². The van der Waals surface area contributed by atoms with Gasteiger partial charge in [-0.15, -0.1) is 0 Å². The summed E-state index contributed by atoms with van der Waals surface area (Å²) in [6.07, 6.45) is 7.20. The number of allylic oxidation sites excluding steroid dienone is 2. The first-order valence-electron chi connectivity index (χ1n) is 13.6. The Morgan fingerprint density at radius 3 is 2.57 bits per heavy atom. The summed E-state index contributed by atoms with van der Waals surface area (Å²) >= 11 is 0. The van der Waals surface area contributed by atoms with Crippen LogP contribution in [0.4, 0.5) is 0 Å². The van der Waals surface area contributed by atoms with Crippen LogP contribution in [-0.4, -0.2) is 47.1 Å². The lowest BCUT2D eigenvalue weighted by molar-refractivity contribution is -0.138. The van der Waals surface area contributed by atoms with E-state index in [1.165, 1.54) is 16.0 Å². The number of fused-ring (bicyclic) bond motifs is 4. The molecule has 2 fully saturated rings. The second-order valence-electron chi connectivity index (χ2n) is 10.7. The SMILES string of the molecule is CCC/C(=C\c1ccc(O)c2ccccc12)CC[C@H]1OB(O)C[C@H]2C1=C(CC)C[C@H]1C(=O)N(C)C(=O)[C@H]12. The van der Waals surface area contributed by atoms with E-state index in [1.807, 2.05) is 30.3 Å². The zero-order valence-corrected chi connectivity index (χ0v) is 21.9. The molecule has 194 valence electrons. The molecule has 0 aromatic heterocycles. The van der Waals surface area contributed by atoms with E-state index in [2.05, 4.69) is 19.9 Å². The Bertz CT molecular complexity index is 1280. The highest BCUT2D eigenvalue weighted by molar-refractivity contribution is 6.43. The molecule has 2 aromatic rings. The highest BCUT2D eigenvalue weighted by Gasteiger charge is 2.56. The van der Waals surface area contributed by atoms with Crippen molar-refractivity contribution in [3.63, 3.8) is 0 Å². The lowest BCUT2D eigenvalue weighted by Crippen LogP contribution is -2.46. The van der Waals surface area contributed by atoms with Crippen LogP contribution in [0.3, 0.4) is 0 Å². The predicted octanol–water partition coefficient (Wildman–Crippen LogP) is 5.35. The number of aromatic hydroxyl groups is 1. The first-order chi connectivity index (χ1) is 17.8. The van der Waals surface area contributed by atoms with Gasteiger partial charge in [-0.05, 0) is 66.9 Å². The van der Waals surface area contributed by atoms with E-state index in [-0.39, 0.29) is 35.5 Å². The van der Waals surface area contributed by atoms with Gasteiger partial charge in [-0.1, -0.05) is 67.8 Å².